The molecule has 0 unspecified atom stereocenters. The van der Waals surface area contributed by atoms with E-state index >= 15 is 0 Å². The summed E-state index contributed by atoms with van der Waals surface area (Å²) < 4.78 is 7.77. The topological polar surface area (TPSA) is 100 Å². The van der Waals surface area contributed by atoms with Crippen molar-refractivity contribution < 1.29 is 9.53 Å². The fourth-order valence-electron chi connectivity index (χ4n) is 4.47. The molecule has 0 fully saturated rings. The number of pyridine rings is 1. The Hall–Kier alpha value is -4.15. The Kier molecular flexibility index (Phi) is 8.91. The lowest BCUT2D eigenvalue weighted by atomic mass is 10.1. The summed E-state index contributed by atoms with van der Waals surface area (Å²) in [5.41, 5.74) is 5.38. The lowest BCUT2D eigenvalue weighted by Gasteiger charge is -2.26. The van der Waals surface area contributed by atoms with Gasteiger partial charge in [0, 0.05) is 56.6 Å². The Morgan fingerprint density at radius 1 is 1.18 bits per heavy atom. The average Bonchev–Trinajstić information content (AvgIpc) is 3.34. The number of hydrogen-bond acceptors (Lipinski definition) is 8. The number of likely N-dealkylation sites (N-methyl/N-ethyl adjacent to an activating group) is 2. The zero-order valence-electron chi connectivity index (χ0n) is 23.7. The summed E-state index contributed by atoms with van der Waals surface area (Å²) in [6, 6.07) is 5.71. The van der Waals surface area contributed by atoms with Crippen molar-refractivity contribution in [1.82, 2.24) is 24.4 Å². The van der Waals surface area contributed by atoms with Gasteiger partial charge in [0.05, 0.1) is 52.3 Å². The van der Waals surface area contributed by atoms with Crippen LogP contribution < -0.4 is 20.3 Å². The van der Waals surface area contributed by atoms with E-state index in [0.717, 1.165) is 47.4 Å². The Labute approximate surface area is 239 Å². The molecule has 0 saturated carbocycles. The molecule has 11 heteroatoms. The van der Waals surface area contributed by atoms with E-state index in [4.69, 9.17) is 21.3 Å². The molecule has 40 heavy (non-hydrogen) atoms. The van der Waals surface area contributed by atoms with E-state index in [2.05, 4.69) is 48.5 Å². The van der Waals surface area contributed by atoms with E-state index in [1.165, 1.54) is 6.08 Å². The van der Waals surface area contributed by atoms with E-state index in [-0.39, 0.29) is 5.91 Å². The minimum Gasteiger partial charge on any atom is -0.494 e. The first-order valence-electron chi connectivity index (χ1n) is 12.9. The second-order valence-corrected chi connectivity index (χ2v) is 10.1. The summed E-state index contributed by atoms with van der Waals surface area (Å²) >= 11 is 6.60. The molecule has 0 aliphatic heterocycles. The number of methoxy groups -OCH3 is 1. The number of aryl methyl sites for hydroxylation is 2. The third kappa shape index (κ3) is 6.03. The maximum absolute atomic E-state index is 12.3. The van der Waals surface area contributed by atoms with E-state index < -0.39 is 0 Å². The Bertz CT molecular complexity index is 1550. The van der Waals surface area contributed by atoms with Gasteiger partial charge in [-0.25, -0.2) is 9.97 Å². The van der Waals surface area contributed by atoms with Crippen molar-refractivity contribution in [3.63, 3.8) is 0 Å². The Morgan fingerprint density at radius 3 is 2.62 bits per heavy atom. The van der Waals surface area contributed by atoms with Crippen LogP contribution in [0.2, 0.25) is 5.02 Å². The number of nitrogens with zero attached hydrogens (tertiary/aromatic N) is 6. The first kappa shape index (κ1) is 28.8. The van der Waals surface area contributed by atoms with E-state index in [1.54, 1.807) is 25.6 Å². The summed E-state index contributed by atoms with van der Waals surface area (Å²) in [4.78, 5) is 30.3. The van der Waals surface area contributed by atoms with Crippen molar-refractivity contribution in [2.75, 3.05) is 56.9 Å². The highest BCUT2D eigenvalue weighted by Gasteiger charge is 2.19. The largest absolute Gasteiger partial charge is 0.494 e. The van der Waals surface area contributed by atoms with Gasteiger partial charge in [-0.2, -0.15) is 0 Å². The van der Waals surface area contributed by atoms with Gasteiger partial charge < -0.3 is 29.7 Å². The smallest absolute Gasteiger partial charge is 0.247 e. The van der Waals surface area contributed by atoms with Gasteiger partial charge in [-0.15, -0.1) is 0 Å². The fourth-order valence-corrected chi connectivity index (χ4v) is 4.66. The first-order chi connectivity index (χ1) is 19.2. The summed E-state index contributed by atoms with van der Waals surface area (Å²) in [5.74, 6) is 0.553. The fraction of sp³-hybridized carbons (Fsp3) is 0.310. The van der Waals surface area contributed by atoms with Gasteiger partial charge in [0.2, 0.25) is 11.9 Å². The molecule has 0 saturated heterocycles. The normalized spacial score (nSPS) is 11.1. The van der Waals surface area contributed by atoms with Crippen LogP contribution in [0.25, 0.3) is 22.2 Å². The summed E-state index contributed by atoms with van der Waals surface area (Å²) in [7, 11) is 9.58. The molecular weight excluding hydrogens is 528 g/mol. The molecule has 0 spiro atoms. The molecule has 0 atom stereocenters. The maximum atomic E-state index is 12.3. The van der Waals surface area contributed by atoms with Crippen LogP contribution in [-0.4, -0.2) is 71.7 Å². The number of carbonyl (C=O) groups is 1. The minimum atomic E-state index is -0.321. The van der Waals surface area contributed by atoms with Crippen LogP contribution in [0, 0.1) is 0 Å². The maximum Gasteiger partial charge on any atom is 0.247 e. The number of anilines is 4. The number of benzene rings is 1. The molecule has 2 N–H and O–H groups in total. The van der Waals surface area contributed by atoms with Gasteiger partial charge in [0.25, 0.3) is 0 Å². The van der Waals surface area contributed by atoms with Crippen LogP contribution in [0.5, 0.6) is 5.75 Å². The van der Waals surface area contributed by atoms with Crippen LogP contribution in [0.15, 0.2) is 49.4 Å². The number of rotatable bonds is 11. The highest BCUT2D eigenvalue weighted by atomic mass is 35.5. The van der Waals surface area contributed by atoms with E-state index in [9.17, 15) is 4.79 Å². The van der Waals surface area contributed by atoms with Gasteiger partial charge in [-0.05, 0) is 38.7 Å². The standard InChI is InChI=1S/C29H35ClN8O2/c1-8-21-28-18(10-11-38(28)6)19(16-31-21)27-20(30)17-32-29(35-27)34-23-14-22(33-26(39)9-2)24(15-25(23)40-7)37(5)13-12-36(3)4/h9-11,14-17H,2,8,12-13H2,1,3-7H3,(H,33,39)(H,32,34,35). The van der Waals surface area contributed by atoms with Gasteiger partial charge in [0.15, 0.2) is 0 Å². The molecular formula is C29H35ClN8O2. The molecule has 1 aromatic carbocycles. The number of carbonyl (C=O) groups excluding carboxylic acids is 1. The van der Waals surface area contributed by atoms with Crippen molar-refractivity contribution >= 4 is 51.4 Å². The van der Waals surface area contributed by atoms with E-state index in [1.807, 2.05) is 46.5 Å². The number of amides is 1. The van der Waals surface area contributed by atoms with Crippen LogP contribution >= 0.6 is 11.6 Å². The van der Waals surface area contributed by atoms with Crippen LogP contribution in [0.3, 0.4) is 0 Å². The number of ether oxygens (including phenoxy) is 1. The zero-order chi connectivity index (χ0) is 29.0. The third-order valence-electron chi connectivity index (χ3n) is 6.62. The van der Waals surface area contributed by atoms with Crippen molar-refractivity contribution in [2.24, 2.45) is 7.05 Å². The molecule has 210 valence electrons. The first-order valence-corrected chi connectivity index (χ1v) is 13.3. The quantitative estimate of drug-likeness (QED) is 0.243. The average molecular weight is 563 g/mol. The molecule has 3 aromatic heterocycles. The molecule has 4 aromatic rings. The molecule has 1 amide bonds. The van der Waals surface area contributed by atoms with Crippen molar-refractivity contribution in [3.05, 3.63) is 60.2 Å². The predicted molar refractivity (Wildman–Crippen MR) is 163 cm³/mol. The van der Waals surface area contributed by atoms with Crippen LogP contribution in [0.1, 0.15) is 12.6 Å². The molecule has 0 aliphatic rings. The number of aromatic nitrogens is 4. The SMILES string of the molecule is C=CC(=O)Nc1cc(Nc2ncc(Cl)c(-c3cnc(CC)c4c3ccn4C)n2)c(OC)cc1N(C)CCN(C)C. The van der Waals surface area contributed by atoms with Crippen LogP contribution in [0.4, 0.5) is 23.0 Å². The number of nitrogens with one attached hydrogen (secondary N) is 2. The van der Waals surface area contributed by atoms with Crippen molar-refractivity contribution in [3.8, 4) is 17.0 Å². The molecule has 0 bridgehead atoms. The molecule has 0 aliphatic carbocycles. The van der Waals surface area contributed by atoms with Crippen molar-refractivity contribution in [1.29, 1.82) is 0 Å². The second kappa shape index (κ2) is 12.4. The number of halogens is 1. The molecule has 10 nitrogen and oxygen atoms in total. The van der Waals surface area contributed by atoms with Crippen LogP contribution in [-0.2, 0) is 18.3 Å². The summed E-state index contributed by atoms with van der Waals surface area (Å²) in [5, 5.41) is 7.57. The molecule has 4 rings (SSSR count). The monoisotopic (exact) mass is 562 g/mol. The van der Waals surface area contributed by atoms with Gasteiger partial charge in [0.1, 0.15) is 5.75 Å². The molecule has 0 radical (unpaired) electrons. The zero-order valence-corrected chi connectivity index (χ0v) is 24.5. The van der Waals surface area contributed by atoms with E-state index in [0.29, 0.717) is 33.8 Å². The van der Waals surface area contributed by atoms with Gasteiger partial charge >= 0.3 is 0 Å². The highest BCUT2D eigenvalue weighted by Crippen LogP contribution is 2.39. The van der Waals surface area contributed by atoms with Crippen molar-refractivity contribution in [2.45, 2.75) is 13.3 Å². The second-order valence-electron chi connectivity index (χ2n) is 9.66. The number of hydrogen-bond donors (Lipinski definition) is 2. The van der Waals surface area contributed by atoms with Gasteiger partial charge in [-0.3, -0.25) is 9.78 Å². The summed E-state index contributed by atoms with van der Waals surface area (Å²) in [6.07, 6.45) is 7.41. The molecule has 3 heterocycles. The number of fused-ring (bicyclic) bond motifs is 1. The highest BCUT2D eigenvalue weighted by molar-refractivity contribution is 6.33. The minimum absolute atomic E-state index is 0.316. The Balaban J connectivity index is 1.76. The summed E-state index contributed by atoms with van der Waals surface area (Å²) in [6.45, 7) is 7.24. The Morgan fingerprint density at radius 2 is 1.95 bits per heavy atom. The predicted octanol–water partition coefficient (Wildman–Crippen LogP) is 5.12. The lowest BCUT2D eigenvalue weighted by molar-refractivity contribution is -0.111. The van der Waals surface area contributed by atoms with Gasteiger partial charge in [-0.1, -0.05) is 25.1 Å². The lowest BCUT2D eigenvalue weighted by Crippen LogP contribution is -2.29. The third-order valence-corrected chi connectivity index (χ3v) is 6.90.